The van der Waals surface area contributed by atoms with Crippen molar-refractivity contribution in [2.24, 2.45) is 0 Å². The summed E-state index contributed by atoms with van der Waals surface area (Å²) in [5.74, 6) is 0.103. The summed E-state index contributed by atoms with van der Waals surface area (Å²) in [6, 6.07) is 0. The van der Waals surface area contributed by atoms with E-state index in [9.17, 15) is 9.90 Å². The second-order valence-electron chi connectivity index (χ2n) is 5.77. The highest BCUT2D eigenvalue weighted by atomic mass is 16.5. The van der Waals surface area contributed by atoms with E-state index in [0.29, 0.717) is 19.7 Å². The van der Waals surface area contributed by atoms with Crippen LogP contribution in [0.1, 0.15) is 27.7 Å². The number of likely N-dealkylation sites (N-methyl/N-ethyl adjacent to an activating group) is 1. The Balaban J connectivity index is 2.53. The fourth-order valence-electron chi connectivity index (χ4n) is 2.18. The van der Waals surface area contributed by atoms with E-state index in [1.54, 1.807) is 4.90 Å². The van der Waals surface area contributed by atoms with E-state index in [-0.39, 0.29) is 12.0 Å². The molecule has 0 aromatic rings. The zero-order valence-corrected chi connectivity index (χ0v) is 12.1. The lowest BCUT2D eigenvalue weighted by Gasteiger charge is -2.45. The predicted octanol–water partition coefficient (Wildman–Crippen LogP) is 0.325. The van der Waals surface area contributed by atoms with Crippen LogP contribution in [0.4, 0.5) is 0 Å². The van der Waals surface area contributed by atoms with Crippen molar-refractivity contribution in [1.82, 2.24) is 9.80 Å². The average molecular weight is 258 g/mol. The Labute approximate surface area is 110 Å². The van der Waals surface area contributed by atoms with Gasteiger partial charge in [-0.15, -0.1) is 0 Å². The molecule has 1 amide bonds. The Morgan fingerprint density at radius 2 is 2.00 bits per heavy atom. The standard InChI is InChI=1S/C13H26N2O3/c1-10(2)18-9-11(16)8-15-7-6-14(5)12(17)13(15,3)4/h10-11,16H,6-9H2,1-5H3. The molecule has 0 radical (unpaired) electrons. The van der Waals surface area contributed by atoms with Gasteiger partial charge in [0.25, 0.3) is 0 Å². The van der Waals surface area contributed by atoms with Crippen molar-refractivity contribution in [1.29, 1.82) is 0 Å². The molecular weight excluding hydrogens is 232 g/mol. The van der Waals surface area contributed by atoms with E-state index < -0.39 is 11.6 Å². The highest BCUT2D eigenvalue weighted by Gasteiger charge is 2.40. The summed E-state index contributed by atoms with van der Waals surface area (Å²) < 4.78 is 5.39. The molecule has 1 heterocycles. The number of amides is 1. The van der Waals surface area contributed by atoms with Gasteiger partial charge < -0.3 is 14.7 Å². The van der Waals surface area contributed by atoms with Crippen molar-refractivity contribution in [2.45, 2.75) is 45.4 Å². The van der Waals surface area contributed by atoms with Crippen LogP contribution in [-0.4, -0.2) is 71.8 Å². The zero-order chi connectivity index (χ0) is 13.9. The fraction of sp³-hybridized carbons (Fsp3) is 0.923. The first kappa shape index (κ1) is 15.4. The zero-order valence-electron chi connectivity index (χ0n) is 12.1. The molecule has 1 fully saturated rings. The molecule has 0 bridgehead atoms. The largest absolute Gasteiger partial charge is 0.389 e. The molecule has 1 N–H and O–H groups in total. The molecule has 5 nitrogen and oxygen atoms in total. The lowest BCUT2D eigenvalue weighted by atomic mass is 9.97. The first-order chi connectivity index (χ1) is 8.25. The minimum absolute atomic E-state index is 0.103. The molecule has 18 heavy (non-hydrogen) atoms. The maximum atomic E-state index is 12.1. The molecule has 1 rings (SSSR count). The van der Waals surface area contributed by atoms with E-state index in [1.165, 1.54) is 0 Å². The summed E-state index contributed by atoms with van der Waals surface area (Å²) in [7, 11) is 1.82. The van der Waals surface area contributed by atoms with Gasteiger partial charge in [-0.2, -0.15) is 0 Å². The van der Waals surface area contributed by atoms with Gasteiger partial charge in [-0.1, -0.05) is 0 Å². The van der Waals surface area contributed by atoms with Crippen molar-refractivity contribution >= 4 is 5.91 Å². The van der Waals surface area contributed by atoms with Gasteiger partial charge >= 0.3 is 0 Å². The van der Waals surface area contributed by atoms with Crippen LogP contribution in [0.2, 0.25) is 0 Å². The van der Waals surface area contributed by atoms with Crippen LogP contribution in [0, 0.1) is 0 Å². The Morgan fingerprint density at radius 1 is 1.39 bits per heavy atom. The molecule has 1 atom stereocenters. The first-order valence-electron chi connectivity index (χ1n) is 6.55. The van der Waals surface area contributed by atoms with Gasteiger partial charge in [0.2, 0.25) is 5.91 Å². The van der Waals surface area contributed by atoms with Crippen LogP contribution in [0.5, 0.6) is 0 Å². The third kappa shape index (κ3) is 3.67. The Kier molecular flexibility index (Phi) is 5.13. The molecule has 0 aliphatic carbocycles. The molecule has 1 saturated heterocycles. The number of β-amino-alcohol motifs (C(OH)–C–C–N with tert-alkyl or cyclic N) is 1. The van der Waals surface area contributed by atoms with Crippen LogP contribution < -0.4 is 0 Å². The molecule has 0 saturated carbocycles. The lowest BCUT2D eigenvalue weighted by Crippen LogP contribution is -2.63. The molecule has 1 unspecified atom stereocenters. The number of carbonyl (C=O) groups excluding carboxylic acids is 1. The van der Waals surface area contributed by atoms with Crippen LogP contribution in [0.25, 0.3) is 0 Å². The number of rotatable bonds is 5. The second-order valence-corrected chi connectivity index (χ2v) is 5.77. The Bertz CT molecular complexity index is 292. The summed E-state index contributed by atoms with van der Waals surface area (Å²) >= 11 is 0. The molecule has 106 valence electrons. The fourth-order valence-corrected chi connectivity index (χ4v) is 2.18. The van der Waals surface area contributed by atoms with Crippen molar-refractivity contribution in [3.05, 3.63) is 0 Å². The summed E-state index contributed by atoms with van der Waals surface area (Å²) in [4.78, 5) is 15.9. The predicted molar refractivity (Wildman–Crippen MR) is 70.4 cm³/mol. The SMILES string of the molecule is CC(C)OCC(O)CN1CCN(C)C(=O)C1(C)C. The number of carbonyl (C=O) groups is 1. The van der Waals surface area contributed by atoms with E-state index >= 15 is 0 Å². The quantitative estimate of drug-likeness (QED) is 0.772. The lowest BCUT2D eigenvalue weighted by molar-refractivity contribution is -0.149. The maximum absolute atomic E-state index is 12.1. The van der Waals surface area contributed by atoms with Gasteiger partial charge in [0.15, 0.2) is 0 Å². The van der Waals surface area contributed by atoms with Gasteiger partial charge in [-0.25, -0.2) is 0 Å². The number of ether oxygens (including phenoxy) is 1. The first-order valence-corrected chi connectivity index (χ1v) is 6.55. The summed E-state index contributed by atoms with van der Waals surface area (Å²) in [5, 5.41) is 9.94. The third-order valence-corrected chi connectivity index (χ3v) is 3.42. The molecule has 1 aliphatic rings. The summed E-state index contributed by atoms with van der Waals surface area (Å²) in [6.07, 6.45) is -0.440. The molecule has 0 spiro atoms. The maximum Gasteiger partial charge on any atom is 0.242 e. The van der Waals surface area contributed by atoms with Gasteiger partial charge in [0, 0.05) is 26.7 Å². The summed E-state index contributed by atoms with van der Waals surface area (Å²) in [5.41, 5.74) is -0.550. The van der Waals surface area contributed by atoms with E-state index in [2.05, 4.69) is 0 Å². The topological polar surface area (TPSA) is 53.0 Å². The molecule has 5 heteroatoms. The smallest absolute Gasteiger partial charge is 0.242 e. The van der Waals surface area contributed by atoms with E-state index in [0.717, 1.165) is 6.54 Å². The van der Waals surface area contributed by atoms with Gasteiger partial charge in [-0.05, 0) is 27.7 Å². The van der Waals surface area contributed by atoms with Crippen LogP contribution in [0.3, 0.4) is 0 Å². The second kappa shape index (κ2) is 5.99. The minimum atomic E-state index is -0.553. The minimum Gasteiger partial charge on any atom is -0.389 e. The normalized spacial score (nSPS) is 22.6. The molecular formula is C13H26N2O3. The number of aliphatic hydroxyl groups is 1. The highest BCUT2D eigenvalue weighted by Crippen LogP contribution is 2.21. The van der Waals surface area contributed by atoms with Crippen molar-refractivity contribution < 1.29 is 14.6 Å². The van der Waals surface area contributed by atoms with Gasteiger partial charge in [0.05, 0.1) is 24.4 Å². The monoisotopic (exact) mass is 258 g/mol. The van der Waals surface area contributed by atoms with E-state index in [4.69, 9.17) is 4.74 Å². The highest BCUT2D eigenvalue weighted by molar-refractivity contribution is 5.86. The van der Waals surface area contributed by atoms with Gasteiger partial charge in [-0.3, -0.25) is 9.69 Å². The molecule has 0 aromatic heterocycles. The summed E-state index contributed by atoms with van der Waals surface area (Å²) in [6.45, 7) is 9.97. The average Bonchev–Trinajstić information content (AvgIpc) is 2.28. The van der Waals surface area contributed by atoms with E-state index in [1.807, 2.05) is 39.6 Å². The van der Waals surface area contributed by atoms with Crippen LogP contribution in [0.15, 0.2) is 0 Å². The molecule has 0 aromatic carbocycles. The molecule has 1 aliphatic heterocycles. The van der Waals surface area contributed by atoms with Crippen molar-refractivity contribution in [3.8, 4) is 0 Å². The van der Waals surface area contributed by atoms with Crippen LogP contribution in [-0.2, 0) is 9.53 Å². The Hall–Kier alpha value is -0.650. The number of hydrogen-bond acceptors (Lipinski definition) is 4. The number of hydrogen-bond donors (Lipinski definition) is 1. The van der Waals surface area contributed by atoms with Crippen LogP contribution >= 0.6 is 0 Å². The number of nitrogens with zero attached hydrogens (tertiary/aromatic N) is 2. The van der Waals surface area contributed by atoms with Crippen molar-refractivity contribution in [2.75, 3.05) is 33.3 Å². The number of piperazine rings is 1. The van der Waals surface area contributed by atoms with Gasteiger partial charge in [0.1, 0.15) is 0 Å². The Morgan fingerprint density at radius 3 is 2.56 bits per heavy atom. The third-order valence-electron chi connectivity index (χ3n) is 3.42. The van der Waals surface area contributed by atoms with Crippen molar-refractivity contribution in [3.63, 3.8) is 0 Å². The number of aliphatic hydroxyl groups excluding tert-OH is 1.